The zero-order valence-electron chi connectivity index (χ0n) is 6.46. The van der Waals surface area contributed by atoms with Gasteiger partial charge in [0.2, 0.25) is 0 Å². The molecule has 1 rings (SSSR count). The molecule has 0 saturated carbocycles. The number of hydrogen-bond donors (Lipinski definition) is 0. The van der Waals surface area contributed by atoms with Gasteiger partial charge < -0.3 is 0 Å². The van der Waals surface area contributed by atoms with Crippen LogP contribution in [0.1, 0.15) is 11.8 Å². The predicted octanol–water partition coefficient (Wildman–Crippen LogP) is 3.99. The summed E-state index contributed by atoms with van der Waals surface area (Å²) in [6.45, 7) is 9.75. The molecule has 58 valence electrons. The summed E-state index contributed by atoms with van der Waals surface area (Å²) in [7, 11) is 0. The van der Waals surface area contributed by atoms with Crippen LogP contribution in [0.4, 0.5) is 0 Å². The summed E-state index contributed by atoms with van der Waals surface area (Å²) in [5.74, 6) is 0. The monoisotopic (exact) mass is 182 g/mol. The fourth-order valence-corrected chi connectivity index (χ4v) is 2.15. The van der Waals surface area contributed by atoms with Crippen molar-refractivity contribution in [2.75, 3.05) is 0 Å². The first-order valence-corrected chi connectivity index (χ1v) is 4.96. The third-order valence-electron chi connectivity index (χ3n) is 1.09. The van der Waals surface area contributed by atoms with E-state index in [9.17, 15) is 0 Å². The maximum atomic E-state index is 3.95. The van der Waals surface area contributed by atoms with E-state index in [1.54, 1.807) is 23.1 Å². The number of rotatable bonds is 3. The van der Waals surface area contributed by atoms with Gasteiger partial charge in [-0.1, -0.05) is 31.0 Å². The largest absolute Gasteiger partial charge is 0.143 e. The van der Waals surface area contributed by atoms with Gasteiger partial charge in [0, 0.05) is 9.78 Å². The van der Waals surface area contributed by atoms with Crippen LogP contribution in [-0.4, -0.2) is 0 Å². The minimum Gasteiger partial charge on any atom is -0.143 e. The second-order valence-electron chi connectivity index (χ2n) is 2.20. The van der Waals surface area contributed by atoms with Crippen LogP contribution in [0.25, 0.3) is 4.91 Å². The third-order valence-corrected chi connectivity index (χ3v) is 2.97. The van der Waals surface area contributed by atoms with Crippen molar-refractivity contribution in [1.29, 1.82) is 0 Å². The van der Waals surface area contributed by atoms with Gasteiger partial charge in [-0.15, -0.1) is 11.3 Å². The molecule has 0 nitrogen and oxygen atoms in total. The van der Waals surface area contributed by atoms with E-state index in [1.165, 1.54) is 4.88 Å². The third kappa shape index (κ3) is 2.56. The van der Waals surface area contributed by atoms with Gasteiger partial charge in [0.25, 0.3) is 0 Å². The Hall–Kier alpha value is -0.470. The first-order chi connectivity index (χ1) is 5.20. The van der Waals surface area contributed by atoms with E-state index >= 15 is 0 Å². The highest BCUT2D eigenvalue weighted by molar-refractivity contribution is 8.11. The number of thiophene rings is 1. The van der Waals surface area contributed by atoms with Crippen molar-refractivity contribution in [1.82, 2.24) is 0 Å². The van der Waals surface area contributed by atoms with Gasteiger partial charge >= 0.3 is 0 Å². The lowest BCUT2D eigenvalue weighted by atomic mass is 10.5. The van der Waals surface area contributed by atoms with Crippen LogP contribution in [0.15, 0.2) is 35.6 Å². The Labute approximate surface area is 75.6 Å². The van der Waals surface area contributed by atoms with E-state index in [2.05, 4.69) is 24.6 Å². The van der Waals surface area contributed by atoms with E-state index in [0.29, 0.717) is 0 Å². The molecule has 0 spiro atoms. The Bertz CT molecular complexity index is 257. The minimum atomic E-state index is 1.09. The van der Waals surface area contributed by atoms with E-state index in [-0.39, 0.29) is 0 Å². The van der Waals surface area contributed by atoms with Crippen molar-refractivity contribution >= 4 is 28.0 Å². The van der Waals surface area contributed by atoms with Crippen molar-refractivity contribution in [3.63, 3.8) is 0 Å². The molecule has 0 N–H and O–H groups in total. The lowest BCUT2D eigenvalue weighted by Gasteiger charge is -1.99. The second-order valence-corrected chi connectivity index (χ2v) is 4.55. The summed E-state index contributed by atoms with van der Waals surface area (Å²) in [6, 6.07) is 4.10. The lowest BCUT2D eigenvalue weighted by Crippen LogP contribution is -1.68. The lowest BCUT2D eigenvalue weighted by molar-refractivity contribution is 1.74. The summed E-state index contributed by atoms with van der Waals surface area (Å²) in [6.07, 6.45) is 0. The molecule has 0 radical (unpaired) electrons. The molecule has 0 aliphatic carbocycles. The van der Waals surface area contributed by atoms with E-state index < -0.39 is 0 Å². The van der Waals surface area contributed by atoms with Gasteiger partial charge in [-0.2, -0.15) is 0 Å². The Balaban J connectivity index is 2.64. The highest BCUT2D eigenvalue weighted by atomic mass is 32.2. The van der Waals surface area contributed by atoms with Crippen molar-refractivity contribution in [3.05, 3.63) is 40.5 Å². The van der Waals surface area contributed by atoms with Crippen LogP contribution < -0.4 is 0 Å². The predicted molar refractivity (Wildman–Crippen MR) is 55.8 cm³/mol. The molecule has 0 amide bonds. The average molecular weight is 182 g/mol. The van der Waals surface area contributed by atoms with E-state index in [4.69, 9.17) is 0 Å². The van der Waals surface area contributed by atoms with E-state index in [0.717, 1.165) is 9.81 Å². The fourth-order valence-electron chi connectivity index (χ4n) is 0.698. The zero-order valence-corrected chi connectivity index (χ0v) is 8.10. The summed E-state index contributed by atoms with van der Waals surface area (Å²) in [5.41, 5.74) is 0. The average Bonchev–Trinajstić information content (AvgIpc) is 2.35. The maximum absolute atomic E-state index is 3.95. The molecule has 2 heteroatoms. The Morgan fingerprint density at radius 2 is 2.27 bits per heavy atom. The molecule has 0 bridgehead atoms. The zero-order chi connectivity index (χ0) is 8.27. The summed E-state index contributed by atoms with van der Waals surface area (Å²) < 4.78 is 0. The Morgan fingerprint density at radius 1 is 1.55 bits per heavy atom. The number of thioether (sulfide) groups is 1. The minimum absolute atomic E-state index is 1.09. The van der Waals surface area contributed by atoms with Crippen LogP contribution >= 0.6 is 23.1 Å². The van der Waals surface area contributed by atoms with Crippen LogP contribution in [0.2, 0.25) is 0 Å². The molecule has 0 aromatic carbocycles. The number of allylic oxidation sites excluding steroid dienone is 1. The number of hydrogen-bond acceptors (Lipinski definition) is 2. The topological polar surface area (TPSA) is 0 Å². The van der Waals surface area contributed by atoms with Crippen LogP contribution in [-0.2, 0) is 0 Å². The quantitative estimate of drug-likeness (QED) is 0.681. The van der Waals surface area contributed by atoms with Gasteiger partial charge in [0.1, 0.15) is 0 Å². The van der Waals surface area contributed by atoms with Crippen LogP contribution in [0, 0.1) is 0 Å². The molecular formula is C9H10S2. The smallest absolute Gasteiger partial charge is 0.0403 e. The molecule has 11 heavy (non-hydrogen) atoms. The van der Waals surface area contributed by atoms with Crippen molar-refractivity contribution in [2.45, 2.75) is 6.92 Å². The summed E-state index contributed by atoms with van der Waals surface area (Å²) >= 11 is 3.35. The fraction of sp³-hybridized carbons (Fsp3) is 0.111. The van der Waals surface area contributed by atoms with Crippen molar-refractivity contribution in [2.24, 2.45) is 0 Å². The molecular weight excluding hydrogens is 172 g/mol. The molecule has 1 aromatic heterocycles. The molecule has 0 fully saturated rings. The van der Waals surface area contributed by atoms with Gasteiger partial charge in [-0.25, -0.2) is 0 Å². The standard InChI is InChI=1S/C9H10S2/c1-7(2)11-8(3)9-5-4-6-10-9/h4-6H,1,3H2,2H3. The molecule has 0 saturated heterocycles. The molecule has 1 aromatic rings. The van der Waals surface area contributed by atoms with Crippen LogP contribution in [0.3, 0.4) is 0 Å². The van der Waals surface area contributed by atoms with Gasteiger partial charge in [-0.3, -0.25) is 0 Å². The SMILES string of the molecule is C=C(C)SC(=C)c1cccs1. The van der Waals surface area contributed by atoms with Crippen molar-refractivity contribution in [3.8, 4) is 0 Å². The molecule has 1 heterocycles. The highest BCUT2D eigenvalue weighted by Gasteiger charge is 1.99. The van der Waals surface area contributed by atoms with Gasteiger partial charge in [0.05, 0.1) is 0 Å². The Kier molecular flexibility index (Phi) is 2.97. The van der Waals surface area contributed by atoms with E-state index in [1.807, 2.05) is 13.0 Å². The van der Waals surface area contributed by atoms with Gasteiger partial charge in [-0.05, 0) is 23.3 Å². The first-order valence-electron chi connectivity index (χ1n) is 3.26. The normalized spacial score (nSPS) is 9.55. The highest BCUT2D eigenvalue weighted by Crippen LogP contribution is 2.32. The second kappa shape index (κ2) is 3.79. The molecule has 0 atom stereocenters. The first kappa shape index (κ1) is 8.62. The summed E-state index contributed by atoms with van der Waals surface area (Å²) in [4.78, 5) is 3.41. The van der Waals surface area contributed by atoms with Gasteiger partial charge in [0.15, 0.2) is 0 Å². The molecule has 0 aliphatic heterocycles. The van der Waals surface area contributed by atoms with Crippen LogP contribution in [0.5, 0.6) is 0 Å². The molecule has 0 aliphatic rings. The molecule has 0 unspecified atom stereocenters. The summed E-state index contributed by atoms with van der Waals surface area (Å²) in [5, 5.41) is 2.06. The Morgan fingerprint density at radius 3 is 2.73 bits per heavy atom. The maximum Gasteiger partial charge on any atom is 0.0403 e. The van der Waals surface area contributed by atoms with Crippen molar-refractivity contribution < 1.29 is 0 Å².